The summed E-state index contributed by atoms with van der Waals surface area (Å²) in [5.74, 6) is 4.53. The summed E-state index contributed by atoms with van der Waals surface area (Å²) in [6.07, 6.45) is 7.10. The molecule has 0 aromatic heterocycles. The fraction of sp³-hybridized carbons (Fsp3) is 0.483. The van der Waals surface area contributed by atoms with Gasteiger partial charge in [-0.15, -0.1) is 6.42 Å². The molecule has 1 aliphatic rings. The van der Waals surface area contributed by atoms with Gasteiger partial charge in [0.25, 0.3) is 0 Å². The number of hydrogen-bond donors (Lipinski definition) is 1. The van der Waals surface area contributed by atoms with Gasteiger partial charge in [0.2, 0.25) is 11.7 Å². The first-order valence-electron chi connectivity index (χ1n) is 12.6. The van der Waals surface area contributed by atoms with Gasteiger partial charge < -0.3 is 28.4 Å². The third-order valence-electron chi connectivity index (χ3n) is 6.56. The van der Waals surface area contributed by atoms with E-state index >= 15 is 0 Å². The Kier molecular flexibility index (Phi) is 10.1. The molecule has 38 heavy (non-hydrogen) atoms. The van der Waals surface area contributed by atoms with E-state index in [1.807, 2.05) is 31.2 Å². The second kappa shape index (κ2) is 13.3. The molecule has 3 atom stereocenters. The summed E-state index contributed by atoms with van der Waals surface area (Å²) in [5, 5.41) is 11.2. The summed E-state index contributed by atoms with van der Waals surface area (Å²) >= 11 is 0. The van der Waals surface area contributed by atoms with Gasteiger partial charge >= 0.3 is 0 Å². The molecule has 0 bridgehead atoms. The quantitative estimate of drug-likeness (QED) is 0.233. The minimum Gasteiger partial charge on any atom is -0.493 e. The normalized spacial score (nSPS) is 17.3. The van der Waals surface area contributed by atoms with Crippen LogP contribution in [0.4, 0.5) is 0 Å². The average molecular weight is 528 g/mol. The predicted molar refractivity (Wildman–Crippen MR) is 141 cm³/mol. The van der Waals surface area contributed by atoms with Gasteiger partial charge in [0.1, 0.15) is 6.04 Å². The number of carbonyl (C=O) groups excluding carboxylic acids is 1. The second-order valence-electron chi connectivity index (χ2n) is 8.86. The van der Waals surface area contributed by atoms with E-state index in [0.29, 0.717) is 59.0 Å². The Morgan fingerprint density at radius 1 is 1.03 bits per heavy atom. The number of benzene rings is 2. The molecule has 0 radical (unpaired) electrons. The highest BCUT2D eigenvalue weighted by atomic mass is 16.5. The highest BCUT2D eigenvalue weighted by Gasteiger charge is 2.33. The molecular weight excluding hydrogens is 490 g/mol. The fourth-order valence-corrected chi connectivity index (χ4v) is 4.57. The molecule has 3 rings (SSSR count). The monoisotopic (exact) mass is 527 g/mol. The maximum Gasteiger partial charge on any atom is 0.247 e. The number of rotatable bonds is 12. The molecule has 1 fully saturated rings. The van der Waals surface area contributed by atoms with Gasteiger partial charge in [-0.05, 0) is 48.2 Å². The van der Waals surface area contributed by atoms with Gasteiger partial charge in [-0.3, -0.25) is 10.0 Å². The van der Waals surface area contributed by atoms with Crippen LogP contribution in [0, 0.1) is 12.3 Å². The lowest BCUT2D eigenvalue weighted by molar-refractivity contribution is -0.171. The van der Waals surface area contributed by atoms with Crippen LogP contribution in [0.15, 0.2) is 24.3 Å². The fourth-order valence-electron chi connectivity index (χ4n) is 4.57. The highest BCUT2D eigenvalue weighted by Crippen LogP contribution is 2.47. The van der Waals surface area contributed by atoms with Crippen molar-refractivity contribution in [3.63, 3.8) is 0 Å². The molecule has 2 aromatic rings. The van der Waals surface area contributed by atoms with E-state index in [1.165, 1.54) is 0 Å². The zero-order valence-corrected chi connectivity index (χ0v) is 22.9. The van der Waals surface area contributed by atoms with Crippen molar-refractivity contribution in [3.8, 4) is 41.1 Å². The molecule has 0 aliphatic carbocycles. The van der Waals surface area contributed by atoms with E-state index in [2.05, 4.69) is 5.92 Å². The van der Waals surface area contributed by atoms with Crippen LogP contribution in [0.1, 0.15) is 67.9 Å². The molecule has 0 saturated carbocycles. The largest absolute Gasteiger partial charge is 0.493 e. The number of terminal acetylenes is 1. The first kappa shape index (κ1) is 29.0. The van der Waals surface area contributed by atoms with Crippen molar-refractivity contribution in [1.82, 2.24) is 5.06 Å². The number of nitrogens with zero attached hydrogens (tertiary/aromatic N) is 1. The summed E-state index contributed by atoms with van der Waals surface area (Å²) < 4.78 is 34.3. The molecule has 1 N–H and O–H groups in total. The minimum absolute atomic E-state index is 0.0144. The van der Waals surface area contributed by atoms with Crippen LogP contribution in [-0.2, 0) is 9.53 Å². The lowest BCUT2D eigenvalue weighted by atomic mass is 9.90. The molecule has 9 heteroatoms. The van der Waals surface area contributed by atoms with Crippen molar-refractivity contribution in [2.24, 2.45) is 0 Å². The maximum atomic E-state index is 12.3. The number of hydroxylamine groups is 2. The molecule has 1 amide bonds. The topological polar surface area (TPSA) is 95.9 Å². The summed E-state index contributed by atoms with van der Waals surface area (Å²) in [4.78, 5) is 12.3. The molecule has 1 aliphatic heterocycles. The molecule has 206 valence electrons. The summed E-state index contributed by atoms with van der Waals surface area (Å²) in [5.41, 5.74) is 2.28. The Labute approximate surface area is 224 Å². The Morgan fingerprint density at radius 3 is 2.16 bits per heavy atom. The van der Waals surface area contributed by atoms with E-state index in [0.717, 1.165) is 17.5 Å². The van der Waals surface area contributed by atoms with Crippen molar-refractivity contribution in [1.29, 1.82) is 0 Å². The van der Waals surface area contributed by atoms with E-state index < -0.39 is 11.9 Å². The van der Waals surface area contributed by atoms with E-state index in [-0.39, 0.29) is 18.4 Å². The van der Waals surface area contributed by atoms with Gasteiger partial charge in [-0.1, -0.05) is 19.8 Å². The molecule has 0 spiro atoms. The van der Waals surface area contributed by atoms with E-state index in [9.17, 15) is 10.0 Å². The number of amides is 1. The molecule has 1 heterocycles. The molecule has 9 nitrogen and oxygen atoms in total. The third kappa shape index (κ3) is 5.93. The van der Waals surface area contributed by atoms with Crippen LogP contribution >= 0.6 is 0 Å². The Hall–Kier alpha value is -3.61. The van der Waals surface area contributed by atoms with Gasteiger partial charge in [-0.25, -0.2) is 5.06 Å². The minimum atomic E-state index is -1.05. The SMILES string of the molecule is C#CC(c1cc(C2COC(c3cc(OC)c(OC)c(OC)c3)C2)cc(OC)c1OCCC)N(O)C(=O)CC. The van der Waals surface area contributed by atoms with Crippen LogP contribution in [0.2, 0.25) is 0 Å². The van der Waals surface area contributed by atoms with Gasteiger partial charge in [-0.2, -0.15) is 0 Å². The smallest absolute Gasteiger partial charge is 0.247 e. The molecule has 2 aromatic carbocycles. The highest BCUT2D eigenvalue weighted by molar-refractivity contribution is 5.76. The van der Waals surface area contributed by atoms with Crippen molar-refractivity contribution >= 4 is 5.91 Å². The lowest BCUT2D eigenvalue weighted by Crippen LogP contribution is -2.31. The third-order valence-corrected chi connectivity index (χ3v) is 6.56. The van der Waals surface area contributed by atoms with Crippen LogP contribution < -0.4 is 23.7 Å². The van der Waals surface area contributed by atoms with Crippen molar-refractivity contribution < 1.29 is 38.4 Å². The number of hydrogen-bond acceptors (Lipinski definition) is 8. The van der Waals surface area contributed by atoms with Crippen LogP contribution in [-0.4, -0.2) is 57.8 Å². The summed E-state index contributed by atoms with van der Waals surface area (Å²) in [6, 6.07) is 6.50. The van der Waals surface area contributed by atoms with E-state index in [4.69, 9.17) is 34.8 Å². The van der Waals surface area contributed by atoms with Crippen LogP contribution in [0.5, 0.6) is 28.7 Å². The summed E-state index contributed by atoms with van der Waals surface area (Å²) in [7, 11) is 6.26. The van der Waals surface area contributed by atoms with Crippen molar-refractivity contribution in [3.05, 3.63) is 41.0 Å². The number of methoxy groups -OCH3 is 4. The maximum absolute atomic E-state index is 12.3. The second-order valence-corrected chi connectivity index (χ2v) is 8.86. The number of ether oxygens (including phenoxy) is 6. The Balaban J connectivity index is 2.01. The standard InChI is InChI=1S/C29H37NO8/c1-8-11-37-28-21(22(9-2)30(32)27(31)10-3)12-18(13-24(28)33-4)20-16-23(38-17-20)19-14-25(34-5)29(36-7)26(15-19)35-6/h2,12-15,20,22-23,32H,8,10-11,16-17H2,1,3-7H3. The van der Waals surface area contributed by atoms with Crippen molar-refractivity contribution in [2.75, 3.05) is 41.7 Å². The zero-order valence-electron chi connectivity index (χ0n) is 22.9. The Bertz CT molecular complexity index is 1130. The summed E-state index contributed by atoms with van der Waals surface area (Å²) in [6.45, 7) is 4.50. The predicted octanol–water partition coefficient (Wildman–Crippen LogP) is 5.06. The van der Waals surface area contributed by atoms with Gasteiger partial charge in [0.15, 0.2) is 23.0 Å². The van der Waals surface area contributed by atoms with E-state index in [1.54, 1.807) is 35.4 Å². The zero-order chi connectivity index (χ0) is 27.8. The lowest BCUT2D eigenvalue weighted by Gasteiger charge is -2.26. The molecular formula is C29H37NO8. The van der Waals surface area contributed by atoms with Crippen LogP contribution in [0.25, 0.3) is 0 Å². The first-order valence-corrected chi connectivity index (χ1v) is 12.6. The average Bonchev–Trinajstić information content (AvgIpc) is 3.45. The van der Waals surface area contributed by atoms with Crippen molar-refractivity contribution in [2.45, 2.75) is 51.2 Å². The van der Waals surface area contributed by atoms with Gasteiger partial charge in [0.05, 0.1) is 47.8 Å². The Morgan fingerprint density at radius 2 is 1.63 bits per heavy atom. The number of carbonyl (C=O) groups is 1. The van der Waals surface area contributed by atoms with Crippen LogP contribution in [0.3, 0.4) is 0 Å². The first-order chi connectivity index (χ1) is 18.4. The van der Waals surface area contributed by atoms with Gasteiger partial charge in [0, 0.05) is 17.9 Å². The molecule has 1 saturated heterocycles. The molecule has 3 unspecified atom stereocenters.